The maximum absolute atomic E-state index is 12.8. The Kier molecular flexibility index (Phi) is 6.52. The van der Waals surface area contributed by atoms with E-state index in [2.05, 4.69) is 20.5 Å². The minimum Gasteiger partial charge on any atom is -0.477 e. The summed E-state index contributed by atoms with van der Waals surface area (Å²) >= 11 is 11.1. The number of anilines is 1. The van der Waals surface area contributed by atoms with Crippen molar-refractivity contribution in [3.63, 3.8) is 0 Å². The molecular weight excluding hydrogens is 504 g/mol. The average molecular weight is 517 g/mol. The molecule has 1 fully saturated rings. The van der Waals surface area contributed by atoms with E-state index in [1.54, 1.807) is 10.9 Å². The molecule has 2 aromatic heterocycles. The third-order valence-electron chi connectivity index (χ3n) is 4.40. The molecule has 0 spiro atoms. The number of carboxylic acids is 1. The van der Waals surface area contributed by atoms with Crippen LogP contribution in [-0.4, -0.2) is 65.9 Å². The van der Waals surface area contributed by atoms with Gasteiger partial charge in [0.05, 0.1) is 11.3 Å². The summed E-state index contributed by atoms with van der Waals surface area (Å²) in [6, 6.07) is -0.869. The number of rotatable bonds is 7. The van der Waals surface area contributed by atoms with Gasteiger partial charge >= 0.3 is 5.97 Å². The molecule has 10 nitrogen and oxygen atoms in total. The number of nitrogens with one attached hydrogen (secondary N) is 1. The topological polar surface area (TPSA) is 151 Å². The molecule has 2 amide bonds. The number of halogens is 1. The first-order valence-electron chi connectivity index (χ1n) is 8.52. The van der Waals surface area contributed by atoms with E-state index in [1.165, 1.54) is 39.8 Å². The molecule has 1 saturated heterocycles. The molecule has 0 aliphatic carbocycles. The van der Waals surface area contributed by atoms with Crippen molar-refractivity contribution in [1.29, 1.82) is 0 Å². The van der Waals surface area contributed by atoms with Crippen LogP contribution in [0.4, 0.5) is 5.13 Å². The number of amides is 2. The van der Waals surface area contributed by atoms with Gasteiger partial charge in [-0.2, -0.15) is 0 Å². The Hall–Kier alpha value is -2.13. The van der Waals surface area contributed by atoms with Gasteiger partial charge in [0.15, 0.2) is 9.47 Å². The number of hydrogen-bond donors (Lipinski definition) is 3. The van der Waals surface area contributed by atoms with Crippen molar-refractivity contribution in [3.05, 3.63) is 33.4 Å². The van der Waals surface area contributed by atoms with Crippen molar-refractivity contribution in [1.82, 2.24) is 25.4 Å². The number of nitrogen functional groups attached to an aromatic ring is 1. The van der Waals surface area contributed by atoms with Gasteiger partial charge in [-0.1, -0.05) is 34.7 Å². The molecule has 2 aliphatic rings. The number of thiazole rings is 1. The smallest absolute Gasteiger partial charge is 0.352 e. The number of carbonyl (C=O) groups excluding carboxylic acids is 2. The first kappa shape index (κ1) is 22.1. The third kappa shape index (κ3) is 4.30. The van der Waals surface area contributed by atoms with Crippen LogP contribution >= 0.6 is 57.8 Å². The fourth-order valence-corrected chi connectivity index (χ4v) is 6.77. The van der Waals surface area contributed by atoms with Gasteiger partial charge in [-0.05, 0) is 5.57 Å². The van der Waals surface area contributed by atoms with Crippen molar-refractivity contribution in [2.75, 3.05) is 17.2 Å². The lowest BCUT2D eigenvalue weighted by Crippen LogP contribution is -2.70. The zero-order valence-electron chi connectivity index (χ0n) is 15.4. The SMILES string of the molecule is Nc1nc(C(=CCl)C(=O)NC2C(=O)N3C(C(=O)O)=C(CSc4nncs4)CS[C@@H]23)cs1. The second-order valence-electron chi connectivity index (χ2n) is 6.21. The van der Waals surface area contributed by atoms with Crippen LogP contribution in [0, 0.1) is 0 Å². The minimum atomic E-state index is -1.18. The van der Waals surface area contributed by atoms with E-state index in [9.17, 15) is 19.5 Å². The van der Waals surface area contributed by atoms with Gasteiger partial charge in [-0.25, -0.2) is 9.78 Å². The fourth-order valence-electron chi connectivity index (χ4n) is 3.02. The van der Waals surface area contributed by atoms with Crippen molar-refractivity contribution >= 4 is 86.3 Å². The van der Waals surface area contributed by atoms with Crippen LogP contribution in [0.3, 0.4) is 0 Å². The Morgan fingerprint density at radius 2 is 2.26 bits per heavy atom. The Bertz CT molecular complexity index is 1100. The van der Waals surface area contributed by atoms with E-state index in [-0.39, 0.29) is 16.4 Å². The van der Waals surface area contributed by atoms with Gasteiger partial charge in [-0.3, -0.25) is 14.5 Å². The number of carboxylic acid groups (broad SMARTS) is 1. The number of nitrogens with two attached hydrogens (primary N) is 1. The van der Waals surface area contributed by atoms with Crippen LogP contribution in [0.25, 0.3) is 5.57 Å². The quantitative estimate of drug-likeness (QED) is 0.281. The summed E-state index contributed by atoms with van der Waals surface area (Å²) in [5, 5.41) is 21.4. The molecule has 0 bridgehead atoms. The molecule has 2 aromatic rings. The normalized spacial score (nSPS) is 21.0. The molecular formula is C16H13ClN6O4S4. The molecule has 0 radical (unpaired) electrons. The minimum absolute atomic E-state index is 0.0448. The molecule has 0 aromatic carbocycles. The fraction of sp³-hybridized carbons (Fsp3) is 0.250. The molecule has 15 heteroatoms. The summed E-state index contributed by atoms with van der Waals surface area (Å²) in [7, 11) is 0. The zero-order chi connectivity index (χ0) is 22.1. The summed E-state index contributed by atoms with van der Waals surface area (Å²) in [5.74, 6) is -1.47. The number of aliphatic carboxylic acids is 1. The lowest BCUT2D eigenvalue weighted by Gasteiger charge is -2.49. The third-order valence-corrected chi connectivity index (χ3v) is 8.58. The largest absolute Gasteiger partial charge is 0.477 e. The van der Waals surface area contributed by atoms with Crippen LogP contribution in [0.15, 0.2) is 32.0 Å². The summed E-state index contributed by atoms with van der Waals surface area (Å²) in [4.78, 5) is 42.6. The summed E-state index contributed by atoms with van der Waals surface area (Å²) < 4.78 is 0.715. The van der Waals surface area contributed by atoms with Gasteiger partial charge in [0.1, 0.15) is 22.6 Å². The number of carbonyl (C=O) groups is 3. The molecule has 2 aliphatic heterocycles. The van der Waals surface area contributed by atoms with Gasteiger partial charge in [0, 0.05) is 22.4 Å². The number of nitrogens with zero attached hydrogens (tertiary/aromatic N) is 4. The van der Waals surface area contributed by atoms with E-state index in [0.29, 0.717) is 27.1 Å². The van der Waals surface area contributed by atoms with Crippen molar-refractivity contribution in [3.8, 4) is 0 Å². The first-order valence-corrected chi connectivity index (χ1v) is 12.7. The number of thioether (sulfide) groups is 2. The van der Waals surface area contributed by atoms with E-state index >= 15 is 0 Å². The average Bonchev–Trinajstić information content (AvgIpc) is 3.42. The Labute approximate surface area is 196 Å². The predicted molar refractivity (Wildman–Crippen MR) is 121 cm³/mol. The number of hydrogen-bond acceptors (Lipinski definition) is 11. The highest BCUT2D eigenvalue weighted by molar-refractivity contribution is 8.01. The highest BCUT2D eigenvalue weighted by Crippen LogP contribution is 2.41. The summed E-state index contributed by atoms with van der Waals surface area (Å²) in [6.45, 7) is 0. The van der Waals surface area contributed by atoms with E-state index in [0.717, 1.165) is 16.9 Å². The molecule has 4 rings (SSSR count). The van der Waals surface area contributed by atoms with Crippen LogP contribution in [0.1, 0.15) is 5.69 Å². The number of β-lactam (4-membered cyclic amide) rings is 1. The van der Waals surface area contributed by atoms with Gasteiger partial charge < -0.3 is 16.2 Å². The Morgan fingerprint density at radius 3 is 2.87 bits per heavy atom. The monoisotopic (exact) mass is 516 g/mol. The lowest BCUT2D eigenvalue weighted by molar-refractivity contribution is -0.150. The maximum atomic E-state index is 12.8. The van der Waals surface area contributed by atoms with E-state index < -0.39 is 29.2 Å². The van der Waals surface area contributed by atoms with Crippen molar-refractivity contribution in [2.45, 2.75) is 15.8 Å². The van der Waals surface area contributed by atoms with E-state index in [4.69, 9.17) is 17.3 Å². The van der Waals surface area contributed by atoms with Crippen molar-refractivity contribution in [2.24, 2.45) is 0 Å². The second-order valence-corrected chi connectivity index (χ2v) is 10.5. The zero-order valence-corrected chi connectivity index (χ0v) is 19.4. The molecule has 31 heavy (non-hydrogen) atoms. The highest BCUT2D eigenvalue weighted by atomic mass is 35.5. The van der Waals surface area contributed by atoms with Crippen LogP contribution in [-0.2, 0) is 14.4 Å². The highest BCUT2D eigenvalue weighted by Gasteiger charge is 2.54. The maximum Gasteiger partial charge on any atom is 0.352 e. The number of aromatic nitrogens is 3. The van der Waals surface area contributed by atoms with E-state index in [1.807, 2.05) is 0 Å². The van der Waals surface area contributed by atoms with Gasteiger partial charge in [-0.15, -0.1) is 33.3 Å². The van der Waals surface area contributed by atoms with Gasteiger partial charge in [0.25, 0.3) is 11.8 Å². The van der Waals surface area contributed by atoms with Crippen LogP contribution in [0.5, 0.6) is 0 Å². The van der Waals surface area contributed by atoms with Crippen LogP contribution < -0.4 is 11.1 Å². The van der Waals surface area contributed by atoms with Gasteiger partial charge in [0.2, 0.25) is 0 Å². The summed E-state index contributed by atoms with van der Waals surface area (Å²) in [6.07, 6.45) is 0. The molecule has 162 valence electrons. The Balaban J connectivity index is 1.48. The molecule has 2 atom stereocenters. The molecule has 4 heterocycles. The summed E-state index contributed by atoms with van der Waals surface area (Å²) in [5.41, 5.74) is 9.22. The molecule has 0 saturated carbocycles. The second kappa shape index (κ2) is 9.16. The van der Waals surface area contributed by atoms with Crippen molar-refractivity contribution < 1.29 is 19.5 Å². The number of fused-ring (bicyclic) bond motifs is 1. The molecule has 1 unspecified atom stereocenters. The predicted octanol–water partition coefficient (Wildman–Crippen LogP) is 1.69. The molecule has 4 N–H and O–H groups in total. The Morgan fingerprint density at radius 1 is 1.45 bits per heavy atom. The lowest BCUT2D eigenvalue weighted by atomic mass is 10.0. The first-order chi connectivity index (χ1) is 14.9. The van der Waals surface area contributed by atoms with Crippen LogP contribution in [0.2, 0.25) is 0 Å². The standard InChI is InChI=1S/C16H13ClN6O4S4/c17-1-7(8-4-29-15(18)20-8)11(24)21-9-12(25)23-10(14(26)27)6(2-28-13(9)23)3-30-16-22-19-5-31-16/h1,4-5,9,13H,2-3H2,(H2,18,20)(H,21,24)(H,26,27)/t9?,13-/m0/s1.